The third-order valence-electron chi connectivity index (χ3n) is 7.32. The molecule has 1 heteroatoms. The molecular weight excluding hydrogens is 316 g/mol. The summed E-state index contributed by atoms with van der Waals surface area (Å²) in [6, 6.07) is 0. The van der Waals surface area contributed by atoms with Gasteiger partial charge in [0.25, 0.3) is 0 Å². The summed E-state index contributed by atoms with van der Waals surface area (Å²) in [5.41, 5.74) is 0. The molecule has 2 rings (SSSR count). The van der Waals surface area contributed by atoms with Gasteiger partial charge in [0.05, 0.1) is 0 Å². The van der Waals surface area contributed by atoms with Gasteiger partial charge in [0.15, 0.2) is 0 Å². The van der Waals surface area contributed by atoms with Gasteiger partial charge < -0.3 is 0 Å². The van der Waals surface area contributed by atoms with E-state index in [2.05, 4.69) is 6.92 Å². The maximum Gasteiger partial charge on any atom is 0.132 e. The molecule has 0 aromatic heterocycles. The van der Waals surface area contributed by atoms with Gasteiger partial charge in [0.2, 0.25) is 0 Å². The maximum atomic E-state index is 11.3. The van der Waals surface area contributed by atoms with Crippen LogP contribution in [0.15, 0.2) is 0 Å². The van der Waals surface area contributed by atoms with E-state index in [1.807, 2.05) is 0 Å². The Hall–Kier alpha value is -0.330. The van der Waals surface area contributed by atoms with E-state index in [0.29, 0.717) is 5.78 Å². The van der Waals surface area contributed by atoms with E-state index in [-0.39, 0.29) is 0 Å². The van der Waals surface area contributed by atoms with Crippen molar-refractivity contribution in [1.29, 1.82) is 0 Å². The number of carbonyl (C=O) groups is 1. The minimum absolute atomic E-state index is 0.509. The number of Topliss-reactive ketones (excluding diaryl/α,β-unsaturated/α-hetero) is 1. The first-order chi connectivity index (χ1) is 12.8. The molecule has 2 fully saturated rings. The van der Waals surface area contributed by atoms with Gasteiger partial charge in [-0.2, -0.15) is 0 Å². The highest BCUT2D eigenvalue weighted by atomic mass is 16.1. The fraction of sp³-hybridized carbons (Fsp3) is 0.960. The zero-order valence-corrected chi connectivity index (χ0v) is 17.8. The van der Waals surface area contributed by atoms with Crippen LogP contribution in [-0.2, 0) is 4.79 Å². The Balaban J connectivity index is 1.39. The number of hydrogen-bond acceptors (Lipinski definition) is 1. The standard InChI is InChI=1S/C25H46O/c1-2-3-4-5-6-7-8-11-22-14-16-23(17-15-22)12-9-10-13-24-18-20-25(26)21-19-24/h22-24H,2-21H2,1H3/t22-,23-. The van der Waals surface area contributed by atoms with Gasteiger partial charge in [0, 0.05) is 12.8 Å². The number of hydrogen-bond donors (Lipinski definition) is 0. The first-order valence-corrected chi connectivity index (χ1v) is 12.3. The van der Waals surface area contributed by atoms with Crippen LogP contribution in [0.4, 0.5) is 0 Å². The molecule has 2 saturated carbocycles. The summed E-state index contributed by atoms with van der Waals surface area (Å²) in [7, 11) is 0. The second-order valence-corrected chi connectivity index (χ2v) is 9.56. The van der Waals surface area contributed by atoms with Crippen molar-refractivity contribution in [1.82, 2.24) is 0 Å². The molecule has 2 aliphatic carbocycles. The average molecular weight is 363 g/mol. The van der Waals surface area contributed by atoms with Gasteiger partial charge in [-0.3, -0.25) is 4.79 Å². The lowest BCUT2D eigenvalue weighted by Gasteiger charge is -2.29. The van der Waals surface area contributed by atoms with Crippen LogP contribution in [-0.4, -0.2) is 5.78 Å². The topological polar surface area (TPSA) is 17.1 Å². The molecule has 0 amide bonds. The largest absolute Gasteiger partial charge is 0.300 e. The van der Waals surface area contributed by atoms with Crippen molar-refractivity contribution in [3.63, 3.8) is 0 Å². The Kier molecular flexibility index (Phi) is 11.6. The van der Waals surface area contributed by atoms with Gasteiger partial charge in [-0.1, -0.05) is 110 Å². The van der Waals surface area contributed by atoms with E-state index in [9.17, 15) is 4.79 Å². The SMILES string of the molecule is CCCCCCCCC[C@H]1CC[C@H](CCCCC2CCC(=O)CC2)CC1. The molecule has 0 aliphatic heterocycles. The lowest BCUT2D eigenvalue weighted by atomic mass is 9.77. The maximum absolute atomic E-state index is 11.3. The van der Waals surface area contributed by atoms with Crippen molar-refractivity contribution in [2.45, 2.75) is 135 Å². The first-order valence-electron chi connectivity index (χ1n) is 12.3. The fourth-order valence-corrected chi connectivity index (χ4v) is 5.35. The Morgan fingerprint density at radius 2 is 0.962 bits per heavy atom. The molecule has 0 spiro atoms. The summed E-state index contributed by atoms with van der Waals surface area (Å²) in [6.07, 6.45) is 27.6. The Morgan fingerprint density at radius 3 is 1.46 bits per heavy atom. The molecule has 0 heterocycles. The summed E-state index contributed by atoms with van der Waals surface area (Å²) in [6.45, 7) is 2.30. The average Bonchev–Trinajstić information content (AvgIpc) is 2.67. The second-order valence-electron chi connectivity index (χ2n) is 9.56. The lowest BCUT2D eigenvalue weighted by molar-refractivity contribution is -0.121. The van der Waals surface area contributed by atoms with Crippen LogP contribution in [0.2, 0.25) is 0 Å². The summed E-state index contributed by atoms with van der Waals surface area (Å²) >= 11 is 0. The van der Waals surface area contributed by atoms with E-state index in [1.165, 1.54) is 116 Å². The van der Waals surface area contributed by atoms with Gasteiger partial charge in [-0.05, 0) is 30.6 Å². The molecule has 0 radical (unpaired) electrons. The molecule has 0 unspecified atom stereocenters. The summed E-state index contributed by atoms with van der Waals surface area (Å²) < 4.78 is 0. The van der Waals surface area contributed by atoms with E-state index >= 15 is 0 Å². The first kappa shape index (κ1) is 22.0. The van der Waals surface area contributed by atoms with Crippen LogP contribution < -0.4 is 0 Å². The predicted octanol–water partition coefficient (Wildman–Crippen LogP) is 8.25. The molecule has 1 nitrogen and oxygen atoms in total. The van der Waals surface area contributed by atoms with Crippen LogP contribution in [0.5, 0.6) is 0 Å². The molecule has 0 aromatic carbocycles. The minimum Gasteiger partial charge on any atom is -0.300 e. The normalized spacial score (nSPS) is 24.9. The quantitative estimate of drug-likeness (QED) is 0.301. The molecule has 0 N–H and O–H groups in total. The smallest absolute Gasteiger partial charge is 0.132 e. The van der Waals surface area contributed by atoms with E-state index in [1.54, 1.807) is 0 Å². The third kappa shape index (κ3) is 9.56. The van der Waals surface area contributed by atoms with Gasteiger partial charge in [-0.15, -0.1) is 0 Å². The van der Waals surface area contributed by atoms with Gasteiger partial charge in [-0.25, -0.2) is 0 Å². The van der Waals surface area contributed by atoms with Crippen molar-refractivity contribution < 1.29 is 4.79 Å². The number of carbonyl (C=O) groups excluding carboxylic acids is 1. The van der Waals surface area contributed by atoms with E-state index in [0.717, 1.165) is 30.6 Å². The molecular formula is C25H46O. The van der Waals surface area contributed by atoms with Crippen LogP contribution >= 0.6 is 0 Å². The van der Waals surface area contributed by atoms with Gasteiger partial charge >= 0.3 is 0 Å². The van der Waals surface area contributed by atoms with Crippen LogP contribution in [0, 0.1) is 17.8 Å². The molecule has 0 aromatic rings. The summed E-state index contributed by atoms with van der Waals surface area (Å²) in [5, 5.41) is 0. The zero-order chi connectivity index (χ0) is 18.5. The fourth-order valence-electron chi connectivity index (χ4n) is 5.35. The molecule has 152 valence electrons. The van der Waals surface area contributed by atoms with Crippen molar-refractivity contribution in [2.24, 2.45) is 17.8 Å². The third-order valence-corrected chi connectivity index (χ3v) is 7.32. The Bertz CT molecular complexity index is 343. The summed E-state index contributed by atoms with van der Waals surface area (Å²) in [5.74, 6) is 3.47. The van der Waals surface area contributed by atoms with Gasteiger partial charge in [0.1, 0.15) is 5.78 Å². The van der Waals surface area contributed by atoms with Crippen LogP contribution in [0.3, 0.4) is 0 Å². The lowest BCUT2D eigenvalue weighted by Crippen LogP contribution is -2.15. The molecule has 0 bridgehead atoms. The number of unbranched alkanes of at least 4 members (excludes halogenated alkanes) is 7. The zero-order valence-electron chi connectivity index (χ0n) is 17.8. The van der Waals surface area contributed by atoms with Crippen LogP contribution in [0.1, 0.15) is 135 Å². The summed E-state index contributed by atoms with van der Waals surface area (Å²) in [4.78, 5) is 11.3. The highest BCUT2D eigenvalue weighted by molar-refractivity contribution is 5.78. The van der Waals surface area contributed by atoms with Crippen molar-refractivity contribution in [3.8, 4) is 0 Å². The Labute approximate surface area is 164 Å². The molecule has 26 heavy (non-hydrogen) atoms. The Morgan fingerprint density at radius 1 is 0.577 bits per heavy atom. The second kappa shape index (κ2) is 13.8. The minimum atomic E-state index is 0.509. The highest BCUT2D eigenvalue weighted by Gasteiger charge is 2.21. The van der Waals surface area contributed by atoms with E-state index < -0.39 is 0 Å². The molecule has 0 saturated heterocycles. The highest BCUT2D eigenvalue weighted by Crippen LogP contribution is 2.35. The monoisotopic (exact) mass is 362 g/mol. The van der Waals surface area contributed by atoms with Crippen molar-refractivity contribution in [2.75, 3.05) is 0 Å². The number of rotatable bonds is 13. The molecule has 0 atom stereocenters. The predicted molar refractivity (Wildman–Crippen MR) is 113 cm³/mol. The van der Waals surface area contributed by atoms with Crippen molar-refractivity contribution >= 4 is 5.78 Å². The molecule has 2 aliphatic rings. The van der Waals surface area contributed by atoms with Crippen molar-refractivity contribution in [3.05, 3.63) is 0 Å². The van der Waals surface area contributed by atoms with E-state index in [4.69, 9.17) is 0 Å². The van der Waals surface area contributed by atoms with Crippen LogP contribution in [0.25, 0.3) is 0 Å². The number of ketones is 1.